The Bertz CT molecular complexity index is 734. The van der Waals surface area contributed by atoms with Crippen molar-refractivity contribution in [2.75, 3.05) is 13.7 Å². The monoisotopic (exact) mass is 268 g/mol. The second-order valence-corrected chi connectivity index (χ2v) is 4.65. The van der Waals surface area contributed by atoms with Gasteiger partial charge in [0.1, 0.15) is 11.6 Å². The van der Waals surface area contributed by atoms with Crippen LogP contribution in [0.25, 0.3) is 22.0 Å². The van der Waals surface area contributed by atoms with Crippen molar-refractivity contribution in [1.29, 1.82) is 0 Å². The van der Waals surface area contributed by atoms with Crippen LogP contribution in [0.3, 0.4) is 0 Å². The summed E-state index contributed by atoms with van der Waals surface area (Å²) in [6.45, 7) is 0.102. The summed E-state index contributed by atoms with van der Waals surface area (Å²) < 4.78 is 5.23. The molecule has 4 nitrogen and oxygen atoms in total. The zero-order chi connectivity index (χ0) is 13.9. The summed E-state index contributed by atoms with van der Waals surface area (Å²) in [5.74, 6) is 1.66. The lowest BCUT2D eigenvalue weighted by molar-refractivity contribution is 0.297. The van der Waals surface area contributed by atoms with E-state index in [2.05, 4.69) is 28.2 Å². The van der Waals surface area contributed by atoms with E-state index in [4.69, 9.17) is 9.84 Å². The number of H-pyrrole nitrogens is 1. The van der Waals surface area contributed by atoms with Gasteiger partial charge in [0.05, 0.1) is 25.6 Å². The average Bonchev–Trinajstić information content (AvgIpc) is 2.95. The van der Waals surface area contributed by atoms with Gasteiger partial charge in [0, 0.05) is 12.0 Å². The Balaban J connectivity index is 1.99. The first-order valence-corrected chi connectivity index (χ1v) is 6.53. The van der Waals surface area contributed by atoms with Crippen LogP contribution in [0.5, 0.6) is 5.75 Å². The summed E-state index contributed by atoms with van der Waals surface area (Å²) in [4.78, 5) is 7.48. The third-order valence-electron chi connectivity index (χ3n) is 3.34. The fourth-order valence-corrected chi connectivity index (χ4v) is 2.26. The molecule has 0 radical (unpaired) electrons. The quantitative estimate of drug-likeness (QED) is 0.765. The molecule has 0 unspecified atom stereocenters. The largest absolute Gasteiger partial charge is 0.497 e. The van der Waals surface area contributed by atoms with Crippen molar-refractivity contribution >= 4 is 10.8 Å². The van der Waals surface area contributed by atoms with Gasteiger partial charge in [-0.25, -0.2) is 4.98 Å². The molecule has 0 saturated heterocycles. The lowest BCUT2D eigenvalue weighted by Gasteiger charge is -2.04. The maximum Gasteiger partial charge on any atom is 0.119 e. The molecular weight excluding hydrogens is 252 g/mol. The molecule has 2 N–H and O–H groups in total. The Morgan fingerprint density at radius 1 is 1.15 bits per heavy atom. The summed E-state index contributed by atoms with van der Waals surface area (Å²) in [5, 5.41) is 11.2. The van der Waals surface area contributed by atoms with Gasteiger partial charge in [-0.1, -0.05) is 18.2 Å². The molecular formula is C16H16N2O2. The first kappa shape index (κ1) is 12.7. The SMILES string of the molecule is COc1ccc2cc(-c3cnc(CCO)[nH]3)ccc2c1. The van der Waals surface area contributed by atoms with E-state index < -0.39 is 0 Å². The molecule has 0 amide bonds. The van der Waals surface area contributed by atoms with Gasteiger partial charge in [0.25, 0.3) is 0 Å². The van der Waals surface area contributed by atoms with Crippen LogP contribution in [0.15, 0.2) is 42.6 Å². The van der Waals surface area contributed by atoms with Crippen LogP contribution in [0.4, 0.5) is 0 Å². The number of aromatic amines is 1. The van der Waals surface area contributed by atoms with Crippen LogP contribution < -0.4 is 4.74 Å². The molecule has 0 fully saturated rings. The highest BCUT2D eigenvalue weighted by Crippen LogP contribution is 2.26. The number of nitrogens with one attached hydrogen (secondary N) is 1. The minimum absolute atomic E-state index is 0.102. The van der Waals surface area contributed by atoms with E-state index in [9.17, 15) is 0 Å². The number of rotatable bonds is 4. The molecule has 0 aliphatic carbocycles. The normalized spacial score (nSPS) is 10.9. The van der Waals surface area contributed by atoms with Crippen LogP contribution in [-0.2, 0) is 6.42 Å². The Morgan fingerprint density at radius 2 is 1.95 bits per heavy atom. The molecule has 102 valence electrons. The number of imidazole rings is 1. The number of aliphatic hydroxyl groups excluding tert-OH is 1. The van der Waals surface area contributed by atoms with Crippen molar-refractivity contribution in [3.63, 3.8) is 0 Å². The van der Waals surface area contributed by atoms with Crippen LogP contribution in [0, 0.1) is 0 Å². The molecule has 0 bridgehead atoms. The van der Waals surface area contributed by atoms with Crippen LogP contribution in [0.1, 0.15) is 5.82 Å². The fourth-order valence-electron chi connectivity index (χ4n) is 2.26. The van der Waals surface area contributed by atoms with E-state index in [0.29, 0.717) is 6.42 Å². The Kier molecular flexibility index (Phi) is 3.39. The van der Waals surface area contributed by atoms with Crippen molar-refractivity contribution in [3.8, 4) is 17.0 Å². The molecule has 0 spiro atoms. The number of hydrogen-bond donors (Lipinski definition) is 2. The van der Waals surface area contributed by atoms with Gasteiger partial charge in [0.2, 0.25) is 0 Å². The predicted octanol–water partition coefficient (Wildman–Crippen LogP) is 2.77. The number of fused-ring (bicyclic) bond motifs is 1. The van der Waals surface area contributed by atoms with Gasteiger partial charge in [-0.15, -0.1) is 0 Å². The van der Waals surface area contributed by atoms with Crippen molar-refractivity contribution in [3.05, 3.63) is 48.4 Å². The highest BCUT2D eigenvalue weighted by Gasteiger charge is 2.04. The minimum atomic E-state index is 0.102. The first-order chi connectivity index (χ1) is 9.80. The second kappa shape index (κ2) is 5.35. The molecule has 1 heterocycles. The summed E-state index contributed by atoms with van der Waals surface area (Å²) in [6, 6.07) is 12.3. The fraction of sp³-hybridized carbons (Fsp3) is 0.188. The van der Waals surface area contributed by atoms with Gasteiger partial charge >= 0.3 is 0 Å². The molecule has 3 rings (SSSR count). The van der Waals surface area contributed by atoms with E-state index in [1.54, 1.807) is 13.3 Å². The third kappa shape index (κ3) is 2.38. The lowest BCUT2D eigenvalue weighted by atomic mass is 10.1. The number of methoxy groups -OCH3 is 1. The predicted molar refractivity (Wildman–Crippen MR) is 78.9 cm³/mol. The molecule has 2 aromatic carbocycles. The Labute approximate surface area is 117 Å². The van der Waals surface area contributed by atoms with E-state index in [1.807, 2.05) is 18.2 Å². The van der Waals surface area contributed by atoms with E-state index >= 15 is 0 Å². The van der Waals surface area contributed by atoms with Crippen LogP contribution in [0.2, 0.25) is 0 Å². The second-order valence-electron chi connectivity index (χ2n) is 4.65. The molecule has 3 aromatic rings. The summed E-state index contributed by atoms with van der Waals surface area (Å²) >= 11 is 0. The maximum absolute atomic E-state index is 8.92. The molecule has 4 heteroatoms. The Morgan fingerprint density at radius 3 is 2.75 bits per heavy atom. The topological polar surface area (TPSA) is 58.1 Å². The number of aliphatic hydroxyl groups is 1. The molecule has 0 saturated carbocycles. The first-order valence-electron chi connectivity index (χ1n) is 6.53. The lowest BCUT2D eigenvalue weighted by Crippen LogP contribution is -1.92. The molecule has 1 aromatic heterocycles. The van der Waals surface area contributed by atoms with Gasteiger partial charge in [0.15, 0.2) is 0 Å². The van der Waals surface area contributed by atoms with Crippen molar-refractivity contribution in [2.24, 2.45) is 0 Å². The number of ether oxygens (including phenoxy) is 1. The van der Waals surface area contributed by atoms with Crippen molar-refractivity contribution in [1.82, 2.24) is 9.97 Å². The zero-order valence-corrected chi connectivity index (χ0v) is 11.3. The standard InChI is InChI=1S/C16H16N2O2/c1-20-14-5-4-11-8-13(3-2-12(11)9-14)15-10-17-16(18-15)6-7-19/h2-5,8-10,19H,6-7H2,1H3,(H,17,18). The minimum Gasteiger partial charge on any atom is -0.497 e. The average molecular weight is 268 g/mol. The molecule has 0 aliphatic heterocycles. The van der Waals surface area contributed by atoms with Gasteiger partial charge in [-0.3, -0.25) is 0 Å². The van der Waals surface area contributed by atoms with Crippen molar-refractivity contribution in [2.45, 2.75) is 6.42 Å². The number of benzene rings is 2. The van der Waals surface area contributed by atoms with Gasteiger partial charge in [-0.05, 0) is 29.0 Å². The van der Waals surface area contributed by atoms with Crippen molar-refractivity contribution < 1.29 is 9.84 Å². The highest BCUT2D eigenvalue weighted by molar-refractivity contribution is 5.87. The Hall–Kier alpha value is -2.33. The summed E-state index contributed by atoms with van der Waals surface area (Å²) in [7, 11) is 1.67. The van der Waals surface area contributed by atoms with E-state index in [1.165, 1.54) is 0 Å². The zero-order valence-electron chi connectivity index (χ0n) is 11.3. The highest BCUT2D eigenvalue weighted by atomic mass is 16.5. The van der Waals surface area contributed by atoms with E-state index in [0.717, 1.165) is 33.6 Å². The van der Waals surface area contributed by atoms with Crippen LogP contribution in [-0.4, -0.2) is 28.8 Å². The number of nitrogens with zero attached hydrogens (tertiary/aromatic N) is 1. The maximum atomic E-state index is 8.92. The van der Waals surface area contributed by atoms with Crippen LogP contribution >= 0.6 is 0 Å². The smallest absolute Gasteiger partial charge is 0.119 e. The third-order valence-corrected chi connectivity index (χ3v) is 3.34. The summed E-state index contributed by atoms with van der Waals surface area (Å²) in [5.41, 5.74) is 2.05. The number of hydrogen-bond acceptors (Lipinski definition) is 3. The summed E-state index contributed by atoms with van der Waals surface area (Å²) in [6.07, 6.45) is 2.35. The van der Waals surface area contributed by atoms with Gasteiger partial charge in [-0.2, -0.15) is 0 Å². The van der Waals surface area contributed by atoms with E-state index in [-0.39, 0.29) is 6.61 Å². The van der Waals surface area contributed by atoms with Gasteiger partial charge < -0.3 is 14.8 Å². The number of aromatic nitrogens is 2. The molecule has 0 aliphatic rings. The molecule has 0 atom stereocenters. The molecule has 20 heavy (non-hydrogen) atoms.